The molecule has 0 aliphatic heterocycles. The van der Waals surface area contributed by atoms with Gasteiger partial charge in [-0.15, -0.1) is 0 Å². The highest BCUT2D eigenvalue weighted by atomic mass is 35.5. The van der Waals surface area contributed by atoms with Crippen molar-refractivity contribution < 1.29 is 19.4 Å². The Labute approximate surface area is 139 Å². The molecule has 0 aliphatic carbocycles. The fourth-order valence-corrected chi connectivity index (χ4v) is 1.96. The van der Waals surface area contributed by atoms with Crippen molar-refractivity contribution in [1.29, 1.82) is 0 Å². The third-order valence-electron chi connectivity index (χ3n) is 2.74. The van der Waals surface area contributed by atoms with Gasteiger partial charge in [0, 0.05) is 15.6 Å². The van der Waals surface area contributed by atoms with Crippen LogP contribution in [0.1, 0.15) is 15.9 Å². The van der Waals surface area contributed by atoms with Gasteiger partial charge in [-0.05, 0) is 30.3 Å². The minimum atomic E-state index is -0.0274. The van der Waals surface area contributed by atoms with E-state index in [-0.39, 0.29) is 6.61 Å². The van der Waals surface area contributed by atoms with E-state index in [1.807, 2.05) is 0 Å². The molecule has 0 fully saturated rings. The first-order chi connectivity index (χ1) is 10.5. The van der Waals surface area contributed by atoms with Crippen LogP contribution in [0.15, 0.2) is 36.4 Å². The summed E-state index contributed by atoms with van der Waals surface area (Å²) in [5, 5.41) is 9.99. The molecule has 0 saturated carbocycles. The van der Waals surface area contributed by atoms with Gasteiger partial charge in [-0.1, -0.05) is 29.3 Å². The largest absolute Gasteiger partial charge is 0.496 e. The van der Waals surface area contributed by atoms with Crippen molar-refractivity contribution in [3.05, 3.63) is 57.6 Å². The Morgan fingerprint density at radius 3 is 2.05 bits per heavy atom. The van der Waals surface area contributed by atoms with Gasteiger partial charge in [0.15, 0.2) is 6.29 Å². The normalized spacial score (nSPS) is 9.50. The molecule has 0 amide bonds. The van der Waals surface area contributed by atoms with Crippen LogP contribution in [0.2, 0.25) is 10.0 Å². The molecule has 118 valence electrons. The number of ether oxygens (including phenoxy) is 2. The topological polar surface area (TPSA) is 55.8 Å². The molecule has 1 N–H and O–H groups in total. The molecule has 0 bridgehead atoms. The second kappa shape index (κ2) is 9.30. The third-order valence-corrected chi connectivity index (χ3v) is 3.21. The summed E-state index contributed by atoms with van der Waals surface area (Å²) >= 11 is 11.3. The van der Waals surface area contributed by atoms with E-state index >= 15 is 0 Å². The highest BCUT2D eigenvalue weighted by Gasteiger charge is 2.01. The molecule has 0 heterocycles. The van der Waals surface area contributed by atoms with Crippen LogP contribution in [-0.2, 0) is 6.61 Å². The van der Waals surface area contributed by atoms with E-state index in [2.05, 4.69) is 0 Å². The number of methoxy groups -OCH3 is 2. The van der Waals surface area contributed by atoms with Gasteiger partial charge in [0.05, 0.1) is 26.4 Å². The molecule has 2 aromatic rings. The zero-order valence-corrected chi connectivity index (χ0v) is 13.7. The molecule has 0 atom stereocenters. The minimum Gasteiger partial charge on any atom is -0.496 e. The number of hydrogen-bond acceptors (Lipinski definition) is 4. The highest BCUT2D eigenvalue weighted by molar-refractivity contribution is 6.31. The first kappa shape index (κ1) is 18.3. The number of hydrogen-bond donors (Lipinski definition) is 1. The highest BCUT2D eigenvalue weighted by Crippen LogP contribution is 2.22. The molecule has 2 aromatic carbocycles. The Hall–Kier alpha value is -1.75. The summed E-state index contributed by atoms with van der Waals surface area (Å²) in [5.41, 5.74) is 1.26. The van der Waals surface area contributed by atoms with Crippen molar-refractivity contribution in [2.45, 2.75) is 6.61 Å². The Morgan fingerprint density at radius 2 is 1.55 bits per heavy atom. The first-order valence-corrected chi connectivity index (χ1v) is 7.03. The van der Waals surface area contributed by atoms with E-state index in [1.54, 1.807) is 43.5 Å². The molecule has 2 rings (SSSR count). The fraction of sp³-hybridized carbons (Fsp3) is 0.188. The predicted octanol–water partition coefficient (Wildman–Crippen LogP) is 4.00. The second-order valence-corrected chi connectivity index (χ2v) is 4.99. The first-order valence-electron chi connectivity index (χ1n) is 6.27. The summed E-state index contributed by atoms with van der Waals surface area (Å²) in [6.07, 6.45) is 0.731. The molecule has 0 radical (unpaired) electrons. The summed E-state index contributed by atoms with van der Waals surface area (Å²) in [5.74, 6) is 1.13. The van der Waals surface area contributed by atoms with Gasteiger partial charge < -0.3 is 14.6 Å². The predicted molar refractivity (Wildman–Crippen MR) is 87.3 cm³/mol. The maximum absolute atomic E-state index is 10.4. The SMILES string of the molecule is COc1cc(Cl)ccc1C=O.COc1cc(Cl)ccc1CO. The van der Waals surface area contributed by atoms with Gasteiger partial charge in [-0.2, -0.15) is 0 Å². The van der Waals surface area contributed by atoms with Crippen molar-refractivity contribution in [1.82, 2.24) is 0 Å². The van der Waals surface area contributed by atoms with Gasteiger partial charge in [-0.25, -0.2) is 0 Å². The molecule has 6 heteroatoms. The number of halogens is 2. The number of carbonyl (C=O) groups is 1. The zero-order chi connectivity index (χ0) is 16.5. The summed E-state index contributed by atoms with van der Waals surface area (Å²) < 4.78 is 9.87. The molecular formula is C16H16Cl2O4. The van der Waals surface area contributed by atoms with E-state index in [1.165, 1.54) is 7.11 Å². The lowest BCUT2D eigenvalue weighted by molar-refractivity contribution is 0.112. The van der Waals surface area contributed by atoms with Crippen LogP contribution in [0.4, 0.5) is 0 Å². The number of aldehydes is 1. The van der Waals surface area contributed by atoms with Gasteiger partial charge in [0.25, 0.3) is 0 Å². The smallest absolute Gasteiger partial charge is 0.153 e. The maximum atomic E-state index is 10.4. The van der Waals surface area contributed by atoms with Crippen molar-refractivity contribution in [3.8, 4) is 11.5 Å². The van der Waals surface area contributed by atoms with Gasteiger partial charge >= 0.3 is 0 Å². The zero-order valence-electron chi connectivity index (χ0n) is 12.2. The van der Waals surface area contributed by atoms with Crippen LogP contribution >= 0.6 is 23.2 Å². The van der Waals surface area contributed by atoms with Gasteiger partial charge in [0.2, 0.25) is 0 Å². The Bertz CT molecular complexity index is 630. The summed E-state index contributed by atoms with van der Waals surface area (Å²) in [6.45, 7) is -0.0274. The lowest BCUT2D eigenvalue weighted by atomic mass is 10.2. The number of aliphatic hydroxyl groups excluding tert-OH is 1. The quantitative estimate of drug-likeness (QED) is 0.853. The summed E-state index contributed by atoms with van der Waals surface area (Å²) in [6, 6.07) is 10.00. The average Bonchev–Trinajstić information content (AvgIpc) is 2.55. The Balaban J connectivity index is 0.000000220. The average molecular weight is 343 g/mol. The van der Waals surface area contributed by atoms with Crippen LogP contribution in [0.3, 0.4) is 0 Å². The van der Waals surface area contributed by atoms with E-state index in [4.69, 9.17) is 37.8 Å². The number of aliphatic hydroxyl groups is 1. The van der Waals surface area contributed by atoms with E-state index in [9.17, 15) is 4.79 Å². The molecule has 22 heavy (non-hydrogen) atoms. The van der Waals surface area contributed by atoms with Crippen LogP contribution < -0.4 is 9.47 Å². The van der Waals surface area contributed by atoms with Crippen LogP contribution in [0.25, 0.3) is 0 Å². The lowest BCUT2D eigenvalue weighted by Gasteiger charge is -2.04. The number of carbonyl (C=O) groups excluding carboxylic acids is 1. The van der Waals surface area contributed by atoms with Gasteiger partial charge in [-0.3, -0.25) is 4.79 Å². The summed E-state index contributed by atoms with van der Waals surface area (Å²) in [4.78, 5) is 10.4. The minimum absolute atomic E-state index is 0.0274. The molecule has 0 spiro atoms. The maximum Gasteiger partial charge on any atom is 0.153 e. The van der Waals surface area contributed by atoms with Crippen LogP contribution in [-0.4, -0.2) is 25.6 Å². The second-order valence-electron chi connectivity index (χ2n) is 4.12. The Kier molecular flexibility index (Phi) is 7.74. The molecule has 0 aromatic heterocycles. The third kappa shape index (κ3) is 5.22. The standard InChI is InChI=1S/C8H9ClO2.C8H7ClO2/c2*1-11-8-4-7(9)3-2-6(8)5-10/h2-4,10H,5H2,1H3;2-5H,1H3. The molecule has 0 aliphatic rings. The van der Waals surface area contributed by atoms with Crippen molar-refractivity contribution in [3.63, 3.8) is 0 Å². The molecule has 0 saturated heterocycles. The van der Waals surface area contributed by atoms with Gasteiger partial charge in [0.1, 0.15) is 11.5 Å². The monoisotopic (exact) mass is 342 g/mol. The molecule has 4 nitrogen and oxygen atoms in total. The van der Waals surface area contributed by atoms with E-state index in [0.29, 0.717) is 27.1 Å². The fourth-order valence-electron chi connectivity index (χ4n) is 1.63. The lowest BCUT2D eigenvalue weighted by Crippen LogP contribution is -1.90. The van der Waals surface area contributed by atoms with Crippen LogP contribution in [0, 0.1) is 0 Å². The van der Waals surface area contributed by atoms with E-state index < -0.39 is 0 Å². The van der Waals surface area contributed by atoms with Crippen LogP contribution in [0.5, 0.6) is 11.5 Å². The summed E-state index contributed by atoms with van der Waals surface area (Å²) in [7, 11) is 3.05. The number of rotatable bonds is 4. The Morgan fingerprint density at radius 1 is 1.00 bits per heavy atom. The molecular weight excluding hydrogens is 327 g/mol. The molecule has 0 unspecified atom stereocenters. The van der Waals surface area contributed by atoms with Crippen molar-refractivity contribution in [2.24, 2.45) is 0 Å². The number of benzene rings is 2. The van der Waals surface area contributed by atoms with Crippen molar-refractivity contribution in [2.75, 3.05) is 14.2 Å². The van der Waals surface area contributed by atoms with E-state index in [0.717, 1.165) is 11.8 Å². The van der Waals surface area contributed by atoms with Crippen molar-refractivity contribution >= 4 is 29.5 Å².